The van der Waals surface area contributed by atoms with Crippen LogP contribution in [0.5, 0.6) is 5.75 Å². The summed E-state index contributed by atoms with van der Waals surface area (Å²) in [5, 5.41) is 1.96. The molecular formula is C22H27NO4S. The number of nitrogens with zero attached hydrogens (tertiary/aromatic N) is 1. The molecule has 0 radical (unpaired) electrons. The minimum atomic E-state index is -3.04. The highest BCUT2D eigenvalue weighted by molar-refractivity contribution is 7.91. The summed E-state index contributed by atoms with van der Waals surface area (Å²) < 4.78 is 29.5. The second-order valence-electron chi connectivity index (χ2n) is 8.08. The standard InChI is InChI=1S/C22H27NO4S/c1-27-21-11-7-15-5-3-4-6-19(15)20(21)10-12-22(24)23-16-8-9-17(23)14-18(13-16)28(2,25)26/h3-7,11,16-18H,8-10,12-14H2,1-2H3. The van der Waals surface area contributed by atoms with Crippen LogP contribution in [0, 0.1) is 0 Å². The quantitative estimate of drug-likeness (QED) is 0.771. The predicted molar refractivity (Wildman–Crippen MR) is 110 cm³/mol. The highest BCUT2D eigenvalue weighted by Gasteiger charge is 2.45. The molecule has 0 aliphatic carbocycles. The number of carbonyl (C=O) groups is 1. The number of benzene rings is 2. The summed E-state index contributed by atoms with van der Waals surface area (Å²) in [6.45, 7) is 0. The van der Waals surface area contributed by atoms with Crippen molar-refractivity contribution < 1.29 is 17.9 Å². The van der Waals surface area contributed by atoms with Gasteiger partial charge in [-0.1, -0.05) is 30.3 Å². The van der Waals surface area contributed by atoms with Crippen molar-refractivity contribution in [2.24, 2.45) is 0 Å². The molecule has 2 heterocycles. The number of carbonyl (C=O) groups excluding carboxylic acids is 1. The molecule has 0 saturated carbocycles. The molecule has 5 nitrogen and oxygen atoms in total. The van der Waals surface area contributed by atoms with E-state index >= 15 is 0 Å². The maximum Gasteiger partial charge on any atom is 0.223 e. The van der Waals surface area contributed by atoms with Crippen LogP contribution in [-0.2, 0) is 21.1 Å². The zero-order valence-electron chi connectivity index (χ0n) is 16.4. The number of hydrogen-bond donors (Lipinski definition) is 0. The first kappa shape index (κ1) is 19.2. The Morgan fingerprint density at radius 3 is 2.43 bits per heavy atom. The minimum Gasteiger partial charge on any atom is -0.496 e. The minimum absolute atomic E-state index is 0.0698. The van der Waals surface area contributed by atoms with Crippen molar-refractivity contribution in [3.63, 3.8) is 0 Å². The Hall–Kier alpha value is -2.08. The van der Waals surface area contributed by atoms with Crippen molar-refractivity contribution in [2.45, 2.75) is 55.9 Å². The zero-order valence-corrected chi connectivity index (χ0v) is 17.2. The number of fused-ring (bicyclic) bond motifs is 3. The van der Waals surface area contributed by atoms with Crippen LogP contribution in [-0.4, -0.2) is 49.9 Å². The van der Waals surface area contributed by atoms with Gasteiger partial charge in [0.2, 0.25) is 5.91 Å². The normalized spacial score (nSPS) is 24.5. The van der Waals surface area contributed by atoms with Gasteiger partial charge in [-0.15, -0.1) is 0 Å². The van der Waals surface area contributed by atoms with E-state index in [0.717, 1.165) is 34.9 Å². The van der Waals surface area contributed by atoms with Crippen LogP contribution < -0.4 is 4.74 Å². The Kier molecular flexibility index (Phi) is 5.08. The summed E-state index contributed by atoms with van der Waals surface area (Å²) in [6.07, 6.45) is 5.36. The van der Waals surface area contributed by atoms with E-state index in [4.69, 9.17) is 4.74 Å². The molecular weight excluding hydrogens is 374 g/mol. The van der Waals surface area contributed by atoms with Crippen LogP contribution in [0.15, 0.2) is 36.4 Å². The molecule has 0 N–H and O–H groups in total. The molecule has 28 heavy (non-hydrogen) atoms. The van der Waals surface area contributed by atoms with E-state index in [1.54, 1.807) is 7.11 Å². The van der Waals surface area contributed by atoms with Gasteiger partial charge in [0, 0.05) is 30.3 Å². The second-order valence-corrected chi connectivity index (χ2v) is 10.4. The molecule has 2 aliphatic rings. The van der Waals surface area contributed by atoms with Gasteiger partial charge in [-0.2, -0.15) is 0 Å². The molecule has 0 aromatic heterocycles. The third-order valence-electron chi connectivity index (χ3n) is 6.39. The van der Waals surface area contributed by atoms with E-state index in [0.29, 0.717) is 25.7 Å². The average Bonchev–Trinajstić information content (AvgIpc) is 2.94. The van der Waals surface area contributed by atoms with E-state index in [-0.39, 0.29) is 23.2 Å². The largest absolute Gasteiger partial charge is 0.496 e. The van der Waals surface area contributed by atoms with Crippen LogP contribution in [0.3, 0.4) is 0 Å². The molecule has 6 heteroatoms. The molecule has 150 valence electrons. The maximum atomic E-state index is 13.1. The van der Waals surface area contributed by atoms with Gasteiger partial charge in [0.05, 0.1) is 12.4 Å². The van der Waals surface area contributed by atoms with Crippen LogP contribution in [0.25, 0.3) is 10.8 Å². The lowest BCUT2D eigenvalue weighted by Crippen LogP contribution is -2.49. The van der Waals surface area contributed by atoms with Crippen molar-refractivity contribution in [2.75, 3.05) is 13.4 Å². The molecule has 2 saturated heterocycles. The van der Waals surface area contributed by atoms with Crippen LogP contribution >= 0.6 is 0 Å². The lowest BCUT2D eigenvalue weighted by molar-refractivity contribution is -0.135. The summed E-state index contributed by atoms with van der Waals surface area (Å²) in [5.74, 6) is 0.944. The van der Waals surface area contributed by atoms with Crippen LogP contribution in [0.4, 0.5) is 0 Å². The Bertz CT molecular complexity index is 987. The van der Waals surface area contributed by atoms with E-state index in [1.165, 1.54) is 6.26 Å². The zero-order chi connectivity index (χ0) is 19.9. The SMILES string of the molecule is COc1ccc2ccccc2c1CCC(=O)N1C2CCC1CC(S(C)(=O)=O)C2. The lowest BCUT2D eigenvalue weighted by atomic mass is 9.98. The number of sulfone groups is 1. The fourth-order valence-electron chi connectivity index (χ4n) is 5.01. The fraction of sp³-hybridized carbons (Fsp3) is 0.500. The molecule has 0 spiro atoms. The third-order valence-corrected chi connectivity index (χ3v) is 7.99. The summed E-state index contributed by atoms with van der Waals surface area (Å²) in [7, 11) is -1.39. The second kappa shape index (κ2) is 7.39. The van der Waals surface area contributed by atoms with E-state index in [9.17, 15) is 13.2 Å². The number of aryl methyl sites for hydroxylation is 1. The highest BCUT2D eigenvalue weighted by Crippen LogP contribution is 2.39. The van der Waals surface area contributed by atoms with Gasteiger partial charge >= 0.3 is 0 Å². The average molecular weight is 402 g/mol. The van der Waals surface area contributed by atoms with Gasteiger partial charge in [-0.25, -0.2) is 8.42 Å². The highest BCUT2D eigenvalue weighted by atomic mass is 32.2. The topological polar surface area (TPSA) is 63.7 Å². The maximum absolute atomic E-state index is 13.1. The van der Waals surface area contributed by atoms with Gasteiger partial charge in [0.25, 0.3) is 0 Å². The smallest absolute Gasteiger partial charge is 0.223 e. The first-order chi connectivity index (χ1) is 13.4. The van der Waals surface area contributed by atoms with Crippen molar-refractivity contribution in [1.82, 2.24) is 4.90 Å². The van der Waals surface area contributed by atoms with E-state index in [1.807, 2.05) is 29.2 Å². The number of piperidine rings is 1. The van der Waals surface area contributed by atoms with Gasteiger partial charge in [0.1, 0.15) is 15.6 Å². The first-order valence-electron chi connectivity index (χ1n) is 9.93. The number of methoxy groups -OCH3 is 1. The molecule has 4 rings (SSSR count). The van der Waals surface area contributed by atoms with Crippen molar-refractivity contribution in [3.8, 4) is 5.75 Å². The van der Waals surface area contributed by atoms with Crippen LogP contribution in [0.1, 0.15) is 37.7 Å². The molecule has 2 unspecified atom stereocenters. The van der Waals surface area contributed by atoms with Gasteiger partial charge in [-0.3, -0.25) is 4.79 Å². The number of hydrogen-bond acceptors (Lipinski definition) is 4. The molecule has 2 fully saturated rings. The summed E-state index contributed by atoms with van der Waals surface area (Å²) in [5.41, 5.74) is 1.06. The number of ether oxygens (including phenoxy) is 1. The monoisotopic (exact) mass is 401 g/mol. The third kappa shape index (κ3) is 3.50. The van der Waals surface area contributed by atoms with Crippen molar-refractivity contribution >= 4 is 26.5 Å². The Labute approximate surface area is 166 Å². The van der Waals surface area contributed by atoms with Gasteiger partial charge in [-0.05, 0) is 48.9 Å². The van der Waals surface area contributed by atoms with Gasteiger partial charge < -0.3 is 9.64 Å². The Morgan fingerprint density at radius 2 is 1.79 bits per heavy atom. The number of amides is 1. The molecule has 1 amide bonds. The predicted octanol–water partition coefficient (Wildman–Crippen LogP) is 3.35. The summed E-state index contributed by atoms with van der Waals surface area (Å²) in [6, 6.07) is 12.3. The van der Waals surface area contributed by atoms with Gasteiger partial charge in [0.15, 0.2) is 0 Å². The molecule has 2 atom stereocenters. The molecule has 2 aromatic rings. The molecule has 2 aliphatic heterocycles. The lowest BCUT2D eigenvalue weighted by Gasteiger charge is -2.38. The fourth-order valence-corrected chi connectivity index (χ4v) is 6.15. The Balaban J connectivity index is 1.51. The van der Waals surface area contributed by atoms with E-state index in [2.05, 4.69) is 12.1 Å². The molecule has 2 bridgehead atoms. The summed E-state index contributed by atoms with van der Waals surface area (Å²) >= 11 is 0. The van der Waals surface area contributed by atoms with Crippen molar-refractivity contribution in [3.05, 3.63) is 42.0 Å². The van der Waals surface area contributed by atoms with E-state index < -0.39 is 9.84 Å². The summed E-state index contributed by atoms with van der Waals surface area (Å²) in [4.78, 5) is 15.0. The van der Waals surface area contributed by atoms with Crippen LogP contribution in [0.2, 0.25) is 0 Å². The molecule has 2 aromatic carbocycles. The van der Waals surface area contributed by atoms with Crippen molar-refractivity contribution in [1.29, 1.82) is 0 Å². The first-order valence-corrected chi connectivity index (χ1v) is 11.9. The number of rotatable bonds is 5. The Morgan fingerprint density at radius 1 is 1.11 bits per heavy atom.